The molecule has 4 nitrogen and oxygen atoms in total. The van der Waals surface area contributed by atoms with Crippen molar-refractivity contribution in [2.75, 3.05) is 0 Å². The number of aromatic nitrogens is 2. The van der Waals surface area contributed by atoms with Crippen molar-refractivity contribution in [3.05, 3.63) is 18.2 Å². The summed E-state index contributed by atoms with van der Waals surface area (Å²) in [6.07, 6.45) is 5.06. The molecule has 5 heteroatoms. The Labute approximate surface area is 82.0 Å². The number of aryl methyl sites for hydroxylation is 1. The molecule has 72 valence electrons. The van der Waals surface area contributed by atoms with Crippen molar-refractivity contribution in [2.45, 2.75) is 19.4 Å². The Bertz CT molecular complexity index is 311. The maximum Gasteiger partial charge on any atom is 0.308 e. The second-order valence-electron chi connectivity index (χ2n) is 3.07. The van der Waals surface area contributed by atoms with E-state index in [1.54, 1.807) is 6.20 Å². The highest BCUT2D eigenvalue weighted by molar-refractivity contribution is 5.85. The van der Waals surface area contributed by atoms with Gasteiger partial charge < -0.3 is 9.67 Å². The molecule has 1 aliphatic rings. The molecule has 0 amide bonds. The Morgan fingerprint density at radius 2 is 2.46 bits per heavy atom. The molecule has 1 aliphatic heterocycles. The summed E-state index contributed by atoms with van der Waals surface area (Å²) in [5.74, 6) is 0.0774. The van der Waals surface area contributed by atoms with Gasteiger partial charge in [-0.15, -0.1) is 12.4 Å². The molecule has 1 aromatic heterocycles. The van der Waals surface area contributed by atoms with Crippen LogP contribution < -0.4 is 0 Å². The number of hydrogen-bond donors (Lipinski definition) is 1. The minimum Gasteiger partial charge on any atom is -0.481 e. The second-order valence-corrected chi connectivity index (χ2v) is 3.07. The van der Waals surface area contributed by atoms with E-state index in [4.69, 9.17) is 5.11 Å². The molecule has 2 heterocycles. The number of carboxylic acids is 1. The van der Waals surface area contributed by atoms with Gasteiger partial charge in [0, 0.05) is 25.4 Å². The molecule has 0 radical (unpaired) electrons. The van der Waals surface area contributed by atoms with E-state index in [1.165, 1.54) is 0 Å². The summed E-state index contributed by atoms with van der Waals surface area (Å²) in [7, 11) is 0. The molecular weight excluding hydrogens is 192 g/mol. The number of rotatable bonds is 1. The highest BCUT2D eigenvalue weighted by atomic mass is 35.5. The van der Waals surface area contributed by atoms with Crippen LogP contribution in [0.3, 0.4) is 0 Å². The molecule has 13 heavy (non-hydrogen) atoms. The fraction of sp³-hybridized carbons (Fsp3) is 0.500. The smallest absolute Gasteiger partial charge is 0.308 e. The van der Waals surface area contributed by atoms with Crippen LogP contribution in [0.15, 0.2) is 12.4 Å². The van der Waals surface area contributed by atoms with Crippen LogP contribution in [0.4, 0.5) is 0 Å². The minimum absolute atomic E-state index is 0. The maximum absolute atomic E-state index is 10.7. The Kier molecular flexibility index (Phi) is 2.93. The molecule has 0 aliphatic carbocycles. The van der Waals surface area contributed by atoms with Crippen molar-refractivity contribution in [3.63, 3.8) is 0 Å². The topological polar surface area (TPSA) is 55.1 Å². The molecule has 0 saturated carbocycles. The monoisotopic (exact) mass is 202 g/mol. The van der Waals surface area contributed by atoms with Crippen molar-refractivity contribution >= 4 is 18.4 Å². The molecule has 0 fully saturated rings. The summed E-state index contributed by atoms with van der Waals surface area (Å²) in [5, 5.41) is 8.77. The Morgan fingerprint density at radius 1 is 1.69 bits per heavy atom. The van der Waals surface area contributed by atoms with Gasteiger partial charge >= 0.3 is 5.97 Å². The van der Waals surface area contributed by atoms with Crippen LogP contribution in [0, 0.1) is 5.92 Å². The first kappa shape index (κ1) is 10.1. The van der Waals surface area contributed by atoms with Crippen LogP contribution >= 0.6 is 12.4 Å². The van der Waals surface area contributed by atoms with E-state index in [9.17, 15) is 4.79 Å². The zero-order chi connectivity index (χ0) is 8.55. The number of halogens is 1. The molecule has 0 bridgehead atoms. The van der Waals surface area contributed by atoms with Gasteiger partial charge in [-0.05, 0) is 6.42 Å². The lowest BCUT2D eigenvalue weighted by Crippen LogP contribution is -2.26. The van der Waals surface area contributed by atoms with Gasteiger partial charge in [-0.2, -0.15) is 0 Å². The quantitative estimate of drug-likeness (QED) is 0.738. The number of imidazole rings is 1. The summed E-state index contributed by atoms with van der Waals surface area (Å²) in [4.78, 5) is 14.8. The second kappa shape index (κ2) is 3.79. The third kappa shape index (κ3) is 1.83. The summed E-state index contributed by atoms with van der Waals surface area (Å²) in [5.41, 5.74) is 0. The highest BCUT2D eigenvalue weighted by Gasteiger charge is 2.23. The SMILES string of the molecule is Cl.O=C(O)[C@H]1CCc2nccn2C1. The summed E-state index contributed by atoms with van der Waals surface area (Å²) < 4.78 is 1.92. The van der Waals surface area contributed by atoms with Gasteiger partial charge in [-0.25, -0.2) is 4.98 Å². The molecule has 0 spiro atoms. The summed E-state index contributed by atoms with van der Waals surface area (Å²) >= 11 is 0. The lowest BCUT2D eigenvalue weighted by Gasteiger charge is -2.19. The largest absolute Gasteiger partial charge is 0.481 e. The van der Waals surface area contributed by atoms with Crippen molar-refractivity contribution in [3.8, 4) is 0 Å². The van der Waals surface area contributed by atoms with Crippen LogP contribution in [0.1, 0.15) is 12.2 Å². The first-order valence-corrected chi connectivity index (χ1v) is 4.00. The summed E-state index contributed by atoms with van der Waals surface area (Å²) in [6, 6.07) is 0. The van der Waals surface area contributed by atoms with E-state index in [-0.39, 0.29) is 18.3 Å². The standard InChI is InChI=1S/C8H10N2O2.ClH/c11-8(12)6-1-2-7-9-3-4-10(7)5-6;/h3-4,6H,1-2,5H2,(H,11,12);1H/t6-;/m0./s1. The molecule has 0 unspecified atom stereocenters. The van der Waals surface area contributed by atoms with Crippen molar-refractivity contribution in [2.24, 2.45) is 5.92 Å². The predicted molar refractivity (Wildman–Crippen MR) is 48.9 cm³/mol. The van der Waals surface area contributed by atoms with Crippen molar-refractivity contribution in [1.29, 1.82) is 0 Å². The third-order valence-electron chi connectivity index (χ3n) is 2.28. The van der Waals surface area contributed by atoms with Gasteiger partial charge in [-0.3, -0.25) is 4.79 Å². The zero-order valence-electron chi connectivity index (χ0n) is 7.01. The molecular formula is C8H11ClN2O2. The molecule has 1 N–H and O–H groups in total. The Hall–Kier alpha value is -1.03. The van der Waals surface area contributed by atoms with E-state index in [1.807, 2.05) is 10.8 Å². The minimum atomic E-state index is -0.700. The third-order valence-corrected chi connectivity index (χ3v) is 2.28. The first-order chi connectivity index (χ1) is 5.77. The number of aliphatic carboxylic acids is 1. The van der Waals surface area contributed by atoms with Crippen LogP contribution in [-0.2, 0) is 17.8 Å². The van der Waals surface area contributed by atoms with Crippen molar-refractivity contribution < 1.29 is 9.90 Å². The van der Waals surface area contributed by atoms with Crippen molar-refractivity contribution in [1.82, 2.24) is 9.55 Å². The molecule has 2 rings (SSSR count). The first-order valence-electron chi connectivity index (χ1n) is 4.00. The maximum atomic E-state index is 10.7. The summed E-state index contributed by atoms with van der Waals surface area (Å²) in [6.45, 7) is 0.574. The lowest BCUT2D eigenvalue weighted by molar-refractivity contribution is -0.142. The molecule has 0 saturated heterocycles. The van der Waals surface area contributed by atoms with E-state index in [0.717, 1.165) is 12.2 Å². The number of carboxylic acid groups (broad SMARTS) is 1. The average molecular weight is 203 g/mol. The Morgan fingerprint density at radius 3 is 3.15 bits per heavy atom. The predicted octanol–water partition coefficient (Wildman–Crippen LogP) is 0.952. The van der Waals surface area contributed by atoms with Crippen LogP contribution in [0.25, 0.3) is 0 Å². The fourth-order valence-corrected chi connectivity index (χ4v) is 1.57. The molecule has 0 aromatic carbocycles. The molecule has 1 atom stereocenters. The number of nitrogens with zero attached hydrogens (tertiary/aromatic N) is 2. The van der Waals surface area contributed by atoms with E-state index in [2.05, 4.69) is 4.98 Å². The van der Waals surface area contributed by atoms with Gasteiger partial charge in [0.05, 0.1) is 5.92 Å². The highest BCUT2D eigenvalue weighted by Crippen LogP contribution is 2.18. The van der Waals surface area contributed by atoms with E-state index >= 15 is 0 Å². The average Bonchev–Trinajstić information content (AvgIpc) is 2.49. The van der Waals surface area contributed by atoms with Gasteiger partial charge in [0.1, 0.15) is 5.82 Å². The van der Waals surface area contributed by atoms with Gasteiger partial charge in [-0.1, -0.05) is 0 Å². The normalized spacial score (nSPS) is 20.2. The van der Waals surface area contributed by atoms with Gasteiger partial charge in [0.15, 0.2) is 0 Å². The Balaban J connectivity index is 0.000000845. The fourth-order valence-electron chi connectivity index (χ4n) is 1.57. The lowest BCUT2D eigenvalue weighted by atomic mass is 10.00. The van der Waals surface area contributed by atoms with Gasteiger partial charge in [0.25, 0.3) is 0 Å². The van der Waals surface area contributed by atoms with E-state index in [0.29, 0.717) is 13.0 Å². The number of carbonyl (C=O) groups is 1. The zero-order valence-corrected chi connectivity index (χ0v) is 7.83. The van der Waals surface area contributed by atoms with Crippen LogP contribution in [-0.4, -0.2) is 20.6 Å². The number of hydrogen-bond acceptors (Lipinski definition) is 2. The number of fused-ring (bicyclic) bond motifs is 1. The molecule has 1 aromatic rings. The van der Waals surface area contributed by atoms with Crippen LogP contribution in [0.2, 0.25) is 0 Å². The van der Waals surface area contributed by atoms with Gasteiger partial charge in [0.2, 0.25) is 0 Å². The van der Waals surface area contributed by atoms with Crippen LogP contribution in [0.5, 0.6) is 0 Å². The van der Waals surface area contributed by atoms with E-state index < -0.39 is 5.97 Å².